The lowest BCUT2D eigenvalue weighted by atomic mass is 10.1. The normalized spacial score (nSPS) is 10.9. The molecule has 4 aromatic rings. The number of fused-ring (bicyclic) bond motifs is 1. The van der Waals surface area contributed by atoms with Gasteiger partial charge in [-0.05, 0) is 30.7 Å². The van der Waals surface area contributed by atoms with E-state index in [4.69, 9.17) is 0 Å². The number of hydrogen-bond donors (Lipinski definition) is 1. The Morgan fingerprint density at radius 2 is 2.03 bits per heavy atom. The Bertz CT molecular complexity index is 1170. The van der Waals surface area contributed by atoms with Crippen LogP contribution in [0.1, 0.15) is 13.3 Å². The van der Waals surface area contributed by atoms with Gasteiger partial charge in [-0.1, -0.05) is 29.5 Å². The van der Waals surface area contributed by atoms with Crippen LogP contribution < -0.4 is 8.43 Å². The van der Waals surface area contributed by atoms with Gasteiger partial charge in [0.15, 0.2) is 5.82 Å². The summed E-state index contributed by atoms with van der Waals surface area (Å²) in [5.41, 5.74) is 3.66. The number of halogens is 1. The fraction of sp³-hybridized carbons (Fsp3) is 0.190. The minimum atomic E-state index is -0.0223. The third-order valence-electron chi connectivity index (χ3n) is 4.55. The molecular formula is C21H20IN7O. The molecule has 1 amide bonds. The number of aryl methyl sites for hydroxylation is 1. The van der Waals surface area contributed by atoms with Crippen LogP contribution >= 0.6 is 22.9 Å². The van der Waals surface area contributed by atoms with Crippen LogP contribution in [0.2, 0.25) is 0 Å². The molecule has 0 aliphatic rings. The highest BCUT2D eigenvalue weighted by atomic mass is 127. The molecule has 30 heavy (non-hydrogen) atoms. The summed E-state index contributed by atoms with van der Waals surface area (Å²) in [6, 6.07) is 16.1. The van der Waals surface area contributed by atoms with Crippen molar-refractivity contribution in [2.45, 2.75) is 19.9 Å². The van der Waals surface area contributed by atoms with Crippen molar-refractivity contribution in [3.8, 4) is 11.3 Å². The topological polar surface area (TPSA) is 88.8 Å². The first-order chi connectivity index (χ1) is 14.6. The molecule has 0 aliphatic heterocycles. The van der Waals surface area contributed by atoms with E-state index in [1.54, 1.807) is 11.0 Å². The van der Waals surface area contributed by atoms with Gasteiger partial charge in [0.2, 0.25) is 5.91 Å². The first-order valence-electron chi connectivity index (χ1n) is 9.52. The number of nitrogens with one attached hydrogen (secondary N) is 1. The summed E-state index contributed by atoms with van der Waals surface area (Å²) in [7, 11) is 0. The minimum Gasteiger partial charge on any atom is -0.356 e. The predicted molar refractivity (Wildman–Crippen MR) is 124 cm³/mol. The molecule has 2 aromatic carbocycles. The van der Waals surface area contributed by atoms with E-state index in [1.807, 2.05) is 51.8 Å². The van der Waals surface area contributed by atoms with Crippen LogP contribution in [0.15, 0.2) is 61.1 Å². The summed E-state index contributed by atoms with van der Waals surface area (Å²) in [4.78, 5) is 19.8. The number of carbonyl (C=O) groups excluding carboxylic acids is 1. The molecule has 0 bridgehead atoms. The number of amides is 1. The number of carbonyl (C=O) groups is 1. The van der Waals surface area contributed by atoms with E-state index in [0.717, 1.165) is 40.1 Å². The zero-order valence-corrected chi connectivity index (χ0v) is 18.5. The molecule has 0 saturated heterocycles. The molecule has 152 valence electrons. The van der Waals surface area contributed by atoms with E-state index in [9.17, 15) is 4.79 Å². The van der Waals surface area contributed by atoms with Crippen LogP contribution in [0.4, 0.5) is 11.5 Å². The smallest absolute Gasteiger partial charge is 0.216 e. The first-order valence-corrected chi connectivity index (χ1v) is 10.5. The van der Waals surface area contributed by atoms with Crippen LogP contribution in [0, 0.1) is 0 Å². The van der Waals surface area contributed by atoms with E-state index in [-0.39, 0.29) is 5.91 Å². The van der Waals surface area contributed by atoms with Crippen LogP contribution in [0.3, 0.4) is 0 Å². The molecular weight excluding hydrogens is 493 g/mol. The van der Waals surface area contributed by atoms with Gasteiger partial charge in [0.25, 0.3) is 0 Å². The van der Waals surface area contributed by atoms with E-state index in [1.165, 1.54) is 6.92 Å². The Morgan fingerprint density at radius 1 is 1.17 bits per heavy atom. The second-order valence-corrected chi connectivity index (χ2v) is 7.71. The number of aromatic nitrogens is 5. The summed E-state index contributed by atoms with van der Waals surface area (Å²) < 4.78 is 3.81. The monoisotopic (exact) mass is 513 g/mol. The van der Waals surface area contributed by atoms with Crippen molar-refractivity contribution in [3.63, 3.8) is 0 Å². The largest absolute Gasteiger partial charge is 0.356 e. The first kappa shape index (κ1) is 20.2. The van der Waals surface area contributed by atoms with E-state index in [2.05, 4.69) is 54.5 Å². The number of hydrogen-bond acceptors (Lipinski definition) is 6. The average Bonchev–Trinajstić information content (AvgIpc) is 3.25. The summed E-state index contributed by atoms with van der Waals surface area (Å²) in [6.07, 6.45) is 4.30. The second-order valence-electron chi connectivity index (χ2n) is 6.75. The quantitative estimate of drug-likeness (QED) is 0.229. The fourth-order valence-electron chi connectivity index (χ4n) is 3.10. The highest BCUT2D eigenvalue weighted by Crippen LogP contribution is 2.34. The Balaban J connectivity index is 1.54. The fourth-order valence-corrected chi connectivity index (χ4v) is 3.79. The number of nitrogens with zero attached hydrogens (tertiary/aromatic N) is 6. The van der Waals surface area contributed by atoms with Gasteiger partial charge in [-0.2, -0.15) is 0 Å². The van der Waals surface area contributed by atoms with Crippen LogP contribution in [-0.4, -0.2) is 37.4 Å². The van der Waals surface area contributed by atoms with Crippen molar-refractivity contribution >= 4 is 51.2 Å². The molecule has 0 unspecified atom stereocenters. The maximum Gasteiger partial charge on any atom is 0.216 e. The van der Waals surface area contributed by atoms with Crippen molar-refractivity contribution in [2.24, 2.45) is 0 Å². The summed E-state index contributed by atoms with van der Waals surface area (Å²) in [6.45, 7) is 2.83. The van der Waals surface area contributed by atoms with Gasteiger partial charge >= 0.3 is 0 Å². The van der Waals surface area contributed by atoms with Crippen molar-refractivity contribution < 1.29 is 4.79 Å². The number of anilines is 2. The third kappa shape index (κ3) is 4.56. The Labute approximate surface area is 187 Å². The van der Waals surface area contributed by atoms with Gasteiger partial charge in [0.1, 0.15) is 12.0 Å². The summed E-state index contributed by atoms with van der Waals surface area (Å²) >= 11 is 2.26. The molecule has 2 aromatic heterocycles. The molecule has 0 atom stereocenters. The molecule has 4 rings (SSSR count). The Hall–Kier alpha value is -3.08. The lowest BCUT2D eigenvalue weighted by molar-refractivity contribution is -0.118. The van der Waals surface area contributed by atoms with Gasteiger partial charge in [0.05, 0.1) is 40.3 Å². The maximum absolute atomic E-state index is 10.9. The van der Waals surface area contributed by atoms with E-state index < -0.39 is 0 Å². The number of para-hydroxylation sites is 1. The van der Waals surface area contributed by atoms with Crippen LogP contribution in [0.25, 0.3) is 22.2 Å². The molecule has 0 radical (unpaired) electrons. The predicted octanol–water partition coefficient (Wildman–Crippen LogP) is 3.90. The molecule has 1 N–H and O–H groups in total. The lowest BCUT2D eigenvalue weighted by Gasteiger charge is -2.17. The van der Waals surface area contributed by atoms with Crippen molar-refractivity contribution in [2.75, 3.05) is 9.66 Å². The SMILES string of the molecule is CC(=O)NCCCn1cc(-c2cccc(N(I)c3ncnc4ccccc34)c2)nn1. The van der Waals surface area contributed by atoms with E-state index in [0.29, 0.717) is 13.1 Å². The van der Waals surface area contributed by atoms with Crippen molar-refractivity contribution in [1.29, 1.82) is 0 Å². The molecule has 9 heteroatoms. The van der Waals surface area contributed by atoms with Gasteiger partial charge < -0.3 is 5.32 Å². The molecule has 2 heterocycles. The van der Waals surface area contributed by atoms with Crippen LogP contribution in [0.5, 0.6) is 0 Å². The van der Waals surface area contributed by atoms with E-state index >= 15 is 0 Å². The minimum absolute atomic E-state index is 0.0223. The number of benzene rings is 2. The third-order valence-corrected chi connectivity index (χ3v) is 5.57. The van der Waals surface area contributed by atoms with Gasteiger partial charge in [-0.3, -0.25) is 12.6 Å². The average molecular weight is 513 g/mol. The maximum atomic E-state index is 10.9. The highest BCUT2D eigenvalue weighted by molar-refractivity contribution is 14.1. The molecule has 0 saturated carbocycles. The van der Waals surface area contributed by atoms with Crippen molar-refractivity contribution in [1.82, 2.24) is 30.3 Å². The second kappa shape index (κ2) is 9.16. The van der Waals surface area contributed by atoms with Gasteiger partial charge in [0, 0.05) is 31.0 Å². The Morgan fingerprint density at radius 3 is 2.90 bits per heavy atom. The van der Waals surface area contributed by atoms with Crippen LogP contribution in [-0.2, 0) is 11.3 Å². The lowest BCUT2D eigenvalue weighted by Crippen LogP contribution is -2.22. The summed E-state index contributed by atoms with van der Waals surface area (Å²) in [5.74, 6) is 0.811. The molecule has 0 aliphatic carbocycles. The van der Waals surface area contributed by atoms with Crippen molar-refractivity contribution in [3.05, 3.63) is 61.1 Å². The summed E-state index contributed by atoms with van der Waals surface area (Å²) in [5, 5.41) is 12.3. The number of rotatable bonds is 7. The Kier molecular flexibility index (Phi) is 6.17. The standard InChI is InChI=1S/C21H20IN7O/c1-15(30)23-10-5-11-28-13-20(26-27-28)16-6-4-7-17(12-16)29(22)21-18-8-2-3-9-19(18)24-14-25-21/h2-4,6-9,12-14H,5,10-11H2,1H3,(H,23,30). The molecule has 8 nitrogen and oxygen atoms in total. The van der Waals surface area contributed by atoms with Gasteiger partial charge in [-0.15, -0.1) is 5.10 Å². The zero-order valence-electron chi connectivity index (χ0n) is 16.4. The zero-order chi connectivity index (χ0) is 20.9. The van der Waals surface area contributed by atoms with Gasteiger partial charge in [-0.25, -0.2) is 9.97 Å². The molecule has 0 fully saturated rings. The molecule has 0 spiro atoms. The highest BCUT2D eigenvalue weighted by Gasteiger charge is 2.13.